The van der Waals surface area contributed by atoms with Gasteiger partial charge in [-0.15, -0.1) is 11.3 Å². The van der Waals surface area contributed by atoms with Gasteiger partial charge in [0.15, 0.2) is 15.7 Å². The van der Waals surface area contributed by atoms with Gasteiger partial charge in [-0.25, -0.2) is 13.4 Å². The molecule has 3 N–H and O–H groups in total. The Morgan fingerprint density at radius 3 is 2.89 bits per heavy atom. The fourth-order valence-corrected chi connectivity index (χ4v) is 4.75. The highest BCUT2D eigenvalue weighted by Crippen LogP contribution is 2.32. The fourth-order valence-electron chi connectivity index (χ4n) is 1.57. The van der Waals surface area contributed by atoms with Gasteiger partial charge >= 0.3 is 0 Å². The third-order valence-electron chi connectivity index (χ3n) is 2.34. The molecule has 0 atom stereocenters. The number of sulfone groups is 1. The molecule has 0 bridgehead atoms. The average Bonchev–Trinajstić information content (AvgIpc) is 2.95. The van der Waals surface area contributed by atoms with Crippen molar-refractivity contribution in [2.24, 2.45) is 0 Å². The molecule has 0 amide bonds. The second-order valence-electron chi connectivity index (χ2n) is 3.82. The molecule has 0 fully saturated rings. The molecular weight excluding hydrogens is 304 g/mol. The van der Waals surface area contributed by atoms with Crippen LogP contribution in [0.25, 0.3) is 0 Å². The Balaban J connectivity index is 2.22. The SMILES string of the molecule is CCCS(=O)(=O)c1c(N)nsc1NCc1nccs1. The van der Waals surface area contributed by atoms with Crippen LogP contribution in [-0.2, 0) is 16.4 Å². The normalized spacial score (nSPS) is 11.6. The largest absolute Gasteiger partial charge is 0.382 e. The molecule has 0 spiro atoms. The number of anilines is 2. The van der Waals surface area contributed by atoms with E-state index in [1.165, 1.54) is 11.3 Å². The predicted molar refractivity (Wildman–Crippen MR) is 78.3 cm³/mol. The van der Waals surface area contributed by atoms with Gasteiger partial charge in [-0.2, -0.15) is 4.37 Å². The standard InChI is InChI=1S/C10H14N4O2S3/c1-2-5-19(15,16)8-9(11)14-18-10(8)13-6-7-12-3-4-17-7/h3-4,13H,2,5-6H2,1H3,(H2,11,14). The van der Waals surface area contributed by atoms with E-state index in [-0.39, 0.29) is 16.5 Å². The van der Waals surface area contributed by atoms with Gasteiger partial charge in [0.25, 0.3) is 0 Å². The van der Waals surface area contributed by atoms with Gasteiger partial charge in [-0.05, 0) is 18.0 Å². The first kappa shape index (κ1) is 14.2. The Labute approximate surface area is 119 Å². The molecule has 0 radical (unpaired) electrons. The first-order valence-electron chi connectivity index (χ1n) is 5.64. The van der Waals surface area contributed by atoms with E-state index in [1.54, 1.807) is 6.20 Å². The molecular formula is C10H14N4O2S3. The van der Waals surface area contributed by atoms with Crippen molar-refractivity contribution >= 4 is 43.5 Å². The molecule has 9 heteroatoms. The van der Waals surface area contributed by atoms with Crippen molar-refractivity contribution in [2.45, 2.75) is 24.8 Å². The minimum atomic E-state index is -3.38. The third-order valence-corrected chi connectivity index (χ3v) is 6.05. The Morgan fingerprint density at radius 1 is 1.47 bits per heavy atom. The van der Waals surface area contributed by atoms with Crippen LogP contribution < -0.4 is 11.1 Å². The lowest BCUT2D eigenvalue weighted by Gasteiger charge is -2.06. The molecule has 2 aromatic rings. The number of nitrogens with one attached hydrogen (secondary N) is 1. The summed E-state index contributed by atoms with van der Waals surface area (Å²) in [4.78, 5) is 4.25. The molecule has 19 heavy (non-hydrogen) atoms. The summed E-state index contributed by atoms with van der Waals surface area (Å²) < 4.78 is 28.2. The van der Waals surface area contributed by atoms with Crippen LogP contribution >= 0.6 is 22.9 Å². The van der Waals surface area contributed by atoms with E-state index in [9.17, 15) is 8.42 Å². The van der Waals surface area contributed by atoms with Crippen LogP contribution in [0.5, 0.6) is 0 Å². The number of nitrogens with two attached hydrogens (primary N) is 1. The molecule has 0 aliphatic rings. The van der Waals surface area contributed by atoms with Crippen molar-refractivity contribution in [2.75, 3.05) is 16.8 Å². The van der Waals surface area contributed by atoms with E-state index in [0.29, 0.717) is 18.0 Å². The van der Waals surface area contributed by atoms with Gasteiger partial charge in [0.1, 0.15) is 14.9 Å². The summed E-state index contributed by atoms with van der Waals surface area (Å²) in [6, 6.07) is 0. The Bertz CT molecular complexity index is 634. The molecule has 2 rings (SSSR count). The van der Waals surface area contributed by atoms with Crippen molar-refractivity contribution in [1.29, 1.82) is 0 Å². The molecule has 0 unspecified atom stereocenters. The van der Waals surface area contributed by atoms with Crippen LogP contribution in [0.3, 0.4) is 0 Å². The lowest BCUT2D eigenvalue weighted by atomic mass is 10.5. The zero-order valence-electron chi connectivity index (χ0n) is 10.3. The number of nitrogen functional groups attached to an aromatic ring is 1. The Kier molecular flexibility index (Phi) is 4.38. The molecule has 0 aromatic carbocycles. The minimum Gasteiger partial charge on any atom is -0.382 e. The van der Waals surface area contributed by atoms with Gasteiger partial charge in [0.2, 0.25) is 0 Å². The molecule has 0 aliphatic carbocycles. The van der Waals surface area contributed by atoms with E-state index >= 15 is 0 Å². The number of thiazole rings is 1. The fraction of sp³-hybridized carbons (Fsp3) is 0.400. The topological polar surface area (TPSA) is 98.0 Å². The number of hydrogen-bond donors (Lipinski definition) is 2. The second-order valence-corrected chi connectivity index (χ2v) is 7.62. The van der Waals surface area contributed by atoms with Gasteiger partial charge < -0.3 is 11.1 Å². The van der Waals surface area contributed by atoms with Gasteiger partial charge in [0.05, 0.1) is 12.3 Å². The van der Waals surface area contributed by atoms with Crippen LogP contribution in [0.2, 0.25) is 0 Å². The molecule has 6 nitrogen and oxygen atoms in total. The number of rotatable bonds is 6. The lowest BCUT2D eigenvalue weighted by molar-refractivity contribution is 0.595. The van der Waals surface area contributed by atoms with Crippen LogP contribution in [0, 0.1) is 0 Å². The smallest absolute Gasteiger partial charge is 0.185 e. The van der Waals surface area contributed by atoms with Crippen molar-refractivity contribution in [3.05, 3.63) is 16.6 Å². The van der Waals surface area contributed by atoms with Crippen LogP contribution in [0.1, 0.15) is 18.4 Å². The highest BCUT2D eigenvalue weighted by molar-refractivity contribution is 7.91. The van der Waals surface area contributed by atoms with Crippen molar-refractivity contribution in [1.82, 2.24) is 9.36 Å². The van der Waals surface area contributed by atoms with E-state index in [1.807, 2.05) is 12.3 Å². The first-order valence-corrected chi connectivity index (χ1v) is 8.95. The summed E-state index contributed by atoms with van der Waals surface area (Å²) in [7, 11) is -3.38. The second kappa shape index (κ2) is 5.85. The number of nitrogens with zero attached hydrogens (tertiary/aromatic N) is 2. The van der Waals surface area contributed by atoms with E-state index in [2.05, 4.69) is 14.7 Å². The number of aromatic nitrogens is 2. The quantitative estimate of drug-likeness (QED) is 0.845. The first-order chi connectivity index (χ1) is 9.04. The predicted octanol–water partition coefficient (Wildman–Crippen LogP) is 1.98. The summed E-state index contributed by atoms with van der Waals surface area (Å²) in [5.74, 6) is 0.141. The lowest BCUT2D eigenvalue weighted by Crippen LogP contribution is -2.10. The van der Waals surface area contributed by atoms with E-state index < -0.39 is 9.84 Å². The van der Waals surface area contributed by atoms with Crippen LogP contribution in [0.4, 0.5) is 10.8 Å². The molecule has 104 valence electrons. The minimum absolute atomic E-state index is 0.0695. The van der Waals surface area contributed by atoms with Crippen molar-refractivity contribution in [3.63, 3.8) is 0 Å². The summed E-state index contributed by atoms with van der Waals surface area (Å²) in [6.07, 6.45) is 2.25. The van der Waals surface area contributed by atoms with Gasteiger partial charge in [-0.3, -0.25) is 0 Å². The van der Waals surface area contributed by atoms with Gasteiger partial charge in [0, 0.05) is 11.6 Å². The molecule has 0 saturated carbocycles. The molecule has 2 aromatic heterocycles. The van der Waals surface area contributed by atoms with Crippen LogP contribution in [-0.4, -0.2) is 23.5 Å². The molecule has 2 heterocycles. The average molecular weight is 318 g/mol. The zero-order valence-corrected chi connectivity index (χ0v) is 12.7. The van der Waals surface area contributed by atoms with Crippen molar-refractivity contribution in [3.8, 4) is 0 Å². The Hall–Kier alpha value is -1.19. The third kappa shape index (κ3) is 3.23. The highest BCUT2D eigenvalue weighted by atomic mass is 32.2. The highest BCUT2D eigenvalue weighted by Gasteiger charge is 2.24. The maximum Gasteiger partial charge on any atom is 0.185 e. The summed E-state index contributed by atoms with van der Waals surface area (Å²) in [5.41, 5.74) is 5.67. The summed E-state index contributed by atoms with van der Waals surface area (Å²) in [6.45, 7) is 2.28. The summed E-state index contributed by atoms with van der Waals surface area (Å²) in [5, 5.41) is 6.28. The molecule has 0 aliphatic heterocycles. The number of hydrogen-bond acceptors (Lipinski definition) is 8. The maximum atomic E-state index is 12.1. The maximum absolute atomic E-state index is 12.1. The Morgan fingerprint density at radius 2 is 2.26 bits per heavy atom. The van der Waals surface area contributed by atoms with Crippen LogP contribution in [0.15, 0.2) is 16.5 Å². The van der Waals surface area contributed by atoms with Gasteiger partial charge in [-0.1, -0.05) is 6.92 Å². The summed E-state index contributed by atoms with van der Waals surface area (Å²) >= 11 is 2.56. The zero-order chi connectivity index (χ0) is 13.9. The van der Waals surface area contributed by atoms with E-state index in [4.69, 9.17) is 5.73 Å². The van der Waals surface area contributed by atoms with E-state index in [0.717, 1.165) is 16.5 Å². The van der Waals surface area contributed by atoms with Crippen molar-refractivity contribution < 1.29 is 8.42 Å². The monoisotopic (exact) mass is 318 g/mol. The molecule has 0 saturated heterocycles.